The topological polar surface area (TPSA) is 124 Å². The highest BCUT2D eigenvalue weighted by molar-refractivity contribution is 6.07. The average Bonchev–Trinajstić information content (AvgIpc) is 2.73. The molecule has 30 heavy (non-hydrogen) atoms. The number of carbonyl (C=O) groups excluding carboxylic acids is 2. The number of non-ortho nitro benzene ring substituents is 2. The summed E-state index contributed by atoms with van der Waals surface area (Å²) in [5, 5.41) is 22.3. The van der Waals surface area contributed by atoms with E-state index in [1.807, 2.05) is 0 Å². The van der Waals surface area contributed by atoms with Crippen LogP contribution in [0.4, 0.5) is 17.1 Å². The predicted octanol–water partition coefficient (Wildman–Crippen LogP) is 4.03. The Morgan fingerprint density at radius 3 is 2.27 bits per heavy atom. The monoisotopic (exact) mass is 407 g/mol. The lowest BCUT2D eigenvalue weighted by Gasteiger charge is -2.38. The summed E-state index contributed by atoms with van der Waals surface area (Å²) in [5.41, 5.74) is 1.62. The molecule has 1 atom stereocenters. The molecule has 9 nitrogen and oxygen atoms in total. The van der Waals surface area contributed by atoms with E-state index in [2.05, 4.69) is 0 Å². The number of hydrogen-bond acceptors (Lipinski definition) is 6. The van der Waals surface area contributed by atoms with E-state index in [4.69, 9.17) is 0 Å². The number of nitrogens with zero attached hydrogens (tertiary/aromatic N) is 3. The van der Waals surface area contributed by atoms with Crippen molar-refractivity contribution in [3.63, 3.8) is 0 Å². The second-order valence-corrected chi connectivity index (χ2v) is 7.25. The highest BCUT2D eigenvalue weighted by Gasteiger charge is 2.40. The number of nitro groups is 2. The highest BCUT2D eigenvalue weighted by atomic mass is 16.6. The zero-order valence-corrected chi connectivity index (χ0v) is 15.8. The number of benzene rings is 2. The molecule has 0 bridgehead atoms. The number of rotatable bonds is 4. The van der Waals surface area contributed by atoms with Crippen LogP contribution in [0.25, 0.3) is 0 Å². The Balaban J connectivity index is 1.85. The third-order valence-corrected chi connectivity index (χ3v) is 5.46. The molecule has 0 N–H and O–H groups in total. The summed E-state index contributed by atoms with van der Waals surface area (Å²) < 4.78 is 0. The molecule has 2 aromatic carbocycles. The van der Waals surface area contributed by atoms with E-state index in [0.29, 0.717) is 41.8 Å². The number of carbonyl (C=O) groups is 2. The van der Waals surface area contributed by atoms with Gasteiger partial charge in [0.05, 0.1) is 15.5 Å². The Labute approximate surface area is 170 Å². The fourth-order valence-electron chi connectivity index (χ4n) is 4.18. The smallest absolute Gasteiger partial charge is 0.271 e. The van der Waals surface area contributed by atoms with E-state index < -0.39 is 15.8 Å². The van der Waals surface area contributed by atoms with Crippen LogP contribution in [-0.4, -0.2) is 21.5 Å². The van der Waals surface area contributed by atoms with Crippen molar-refractivity contribution in [2.24, 2.45) is 0 Å². The van der Waals surface area contributed by atoms with Crippen LogP contribution in [0.2, 0.25) is 0 Å². The van der Waals surface area contributed by atoms with Gasteiger partial charge < -0.3 is 0 Å². The second kappa shape index (κ2) is 7.51. The maximum atomic E-state index is 13.1. The van der Waals surface area contributed by atoms with Gasteiger partial charge >= 0.3 is 0 Å². The number of nitro benzene ring substituents is 2. The fraction of sp³-hybridized carbons (Fsp3) is 0.238. The number of anilines is 1. The summed E-state index contributed by atoms with van der Waals surface area (Å²) in [6.45, 7) is 0. The lowest BCUT2D eigenvalue weighted by Crippen LogP contribution is -2.40. The van der Waals surface area contributed by atoms with Gasteiger partial charge in [0.2, 0.25) is 5.91 Å². The van der Waals surface area contributed by atoms with Gasteiger partial charge in [0, 0.05) is 54.3 Å². The van der Waals surface area contributed by atoms with Crippen LogP contribution in [0.5, 0.6) is 0 Å². The standard InChI is InChI=1S/C21H17N3O6/c25-19-9-3-8-18-21(19)17(13-4-1-6-15(10-13)23(27)28)12-20(26)22(18)14-5-2-7-16(11-14)24(29)30/h1-2,4-7,10-11,17H,3,8-9,12H2. The zero-order chi connectivity index (χ0) is 21.4. The van der Waals surface area contributed by atoms with Crippen molar-refractivity contribution in [1.82, 2.24) is 0 Å². The molecular formula is C21H17N3O6. The summed E-state index contributed by atoms with van der Waals surface area (Å²) in [4.78, 5) is 48.6. The summed E-state index contributed by atoms with van der Waals surface area (Å²) in [6, 6.07) is 11.7. The average molecular weight is 407 g/mol. The van der Waals surface area contributed by atoms with Gasteiger partial charge in [-0.15, -0.1) is 0 Å². The van der Waals surface area contributed by atoms with Crippen LogP contribution in [0.1, 0.15) is 37.2 Å². The Morgan fingerprint density at radius 2 is 1.57 bits per heavy atom. The molecule has 0 fully saturated rings. The predicted molar refractivity (Wildman–Crippen MR) is 107 cm³/mol. The molecular weight excluding hydrogens is 390 g/mol. The largest absolute Gasteiger partial charge is 0.294 e. The molecule has 0 saturated carbocycles. The van der Waals surface area contributed by atoms with Crippen molar-refractivity contribution in [2.45, 2.75) is 31.6 Å². The molecule has 1 amide bonds. The normalized spacial score (nSPS) is 18.9. The Kier molecular flexibility index (Phi) is 4.86. The molecule has 0 radical (unpaired) electrons. The molecule has 1 heterocycles. The third-order valence-electron chi connectivity index (χ3n) is 5.46. The van der Waals surface area contributed by atoms with Gasteiger partial charge in [-0.2, -0.15) is 0 Å². The van der Waals surface area contributed by atoms with Gasteiger partial charge in [-0.05, 0) is 24.5 Å². The summed E-state index contributed by atoms with van der Waals surface area (Å²) in [5.74, 6) is -0.980. The fourth-order valence-corrected chi connectivity index (χ4v) is 4.18. The number of hydrogen-bond donors (Lipinski definition) is 0. The quantitative estimate of drug-likeness (QED) is 0.557. The third kappa shape index (κ3) is 3.34. The van der Waals surface area contributed by atoms with Gasteiger partial charge in [-0.25, -0.2) is 0 Å². The van der Waals surface area contributed by atoms with E-state index >= 15 is 0 Å². The summed E-state index contributed by atoms with van der Waals surface area (Å²) in [7, 11) is 0. The SMILES string of the molecule is O=C1CCCC2=C1C(c1cccc([N+](=O)[O-])c1)CC(=O)N2c1cccc([N+](=O)[O-])c1. The van der Waals surface area contributed by atoms with E-state index in [-0.39, 0.29) is 29.5 Å². The number of amides is 1. The Morgan fingerprint density at radius 1 is 0.900 bits per heavy atom. The molecule has 1 unspecified atom stereocenters. The molecule has 2 aromatic rings. The van der Waals surface area contributed by atoms with Crippen LogP contribution in [0.15, 0.2) is 59.8 Å². The minimum Gasteiger partial charge on any atom is -0.294 e. The zero-order valence-electron chi connectivity index (χ0n) is 15.8. The van der Waals surface area contributed by atoms with Crippen molar-refractivity contribution < 1.29 is 19.4 Å². The first-order valence-electron chi connectivity index (χ1n) is 9.45. The number of allylic oxidation sites excluding steroid dienone is 2. The molecule has 0 spiro atoms. The molecule has 1 aliphatic carbocycles. The summed E-state index contributed by atoms with van der Waals surface area (Å²) >= 11 is 0. The van der Waals surface area contributed by atoms with Crippen molar-refractivity contribution in [3.05, 3.63) is 85.6 Å². The van der Waals surface area contributed by atoms with E-state index in [1.54, 1.807) is 18.2 Å². The first-order chi connectivity index (χ1) is 14.4. The van der Waals surface area contributed by atoms with Gasteiger partial charge in [0.1, 0.15) is 0 Å². The van der Waals surface area contributed by atoms with Gasteiger partial charge in [0.25, 0.3) is 11.4 Å². The highest BCUT2D eigenvalue weighted by Crippen LogP contribution is 2.44. The van der Waals surface area contributed by atoms with Gasteiger partial charge in [0.15, 0.2) is 5.78 Å². The van der Waals surface area contributed by atoms with Gasteiger partial charge in [-0.3, -0.25) is 34.7 Å². The van der Waals surface area contributed by atoms with E-state index in [9.17, 15) is 29.8 Å². The lowest BCUT2D eigenvalue weighted by molar-refractivity contribution is -0.385. The molecule has 152 valence electrons. The van der Waals surface area contributed by atoms with Crippen LogP contribution >= 0.6 is 0 Å². The molecule has 0 saturated heterocycles. The summed E-state index contributed by atoms with van der Waals surface area (Å²) in [6.07, 6.45) is 1.33. The van der Waals surface area contributed by atoms with Crippen LogP contribution in [0.3, 0.4) is 0 Å². The van der Waals surface area contributed by atoms with E-state index in [0.717, 1.165) is 0 Å². The number of Topliss-reactive ketones (excluding diaryl/α,β-unsaturated/α-hetero) is 1. The van der Waals surface area contributed by atoms with Gasteiger partial charge in [-0.1, -0.05) is 18.2 Å². The maximum Gasteiger partial charge on any atom is 0.271 e. The molecule has 1 aliphatic heterocycles. The lowest BCUT2D eigenvalue weighted by atomic mass is 9.77. The Hall–Kier alpha value is -3.88. The van der Waals surface area contributed by atoms with Crippen molar-refractivity contribution in [3.8, 4) is 0 Å². The molecule has 9 heteroatoms. The molecule has 4 rings (SSSR count). The van der Waals surface area contributed by atoms with Crippen LogP contribution in [-0.2, 0) is 9.59 Å². The minimum absolute atomic E-state index is 0.0472. The first kappa shape index (κ1) is 19.4. The molecule has 0 aromatic heterocycles. The second-order valence-electron chi connectivity index (χ2n) is 7.25. The first-order valence-corrected chi connectivity index (χ1v) is 9.45. The maximum absolute atomic E-state index is 13.1. The minimum atomic E-state index is -0.574. The number of ketones is 1. The van der Waals surface area contributed by atoms with Crippen molar-refractivity contribution in [2.75, 3.05) is 4.90 Å². The van der Waals surface area contributed by atoms with Crippen molar-refractivity contribution >= 4 is 28.8 Å². The Bertz CT molecular complexity index is 1120. The van der Waals surface area contributed by atoms with Crippen LogP contribution < -0.4 is 4.90 Å². The van der Waals surface area contributed by atoms with Crippen LogP contribution in [0, 0.1) is 20.2 Å². The molecule has 2 aliphatic rings. The van der Waals surface area contributed by atoms with Crippen molar-refractivity contribution in [1.29, 1.82) is 0 Å². The van der Waals surface area contributed by atoms with E-state index in [1.165, 1.54) is 35.2 Å².